The Morgan fingerprint density at radius 2 is 2.19 bits per heavy atom. The fourth-order valence-electron chi connectivity index (χ4n) is 2.60. The largest absolute Gasteiger partial charge is 0.381 e. The maximum Gasteiger partial charge on any atom is 0.237 e. The molecule has 1 aliphatic rings. The molecular weight excluding hydrogens is 293 g/mol. The van der Waals surface area contributed by atoms with Gasteiger partial charge in [-0.05, 0) is 30.5 Å². The molecule has 1 aromatic heterocycles. The lowest BCUT2D eigenvalue weighted by molar-refractivity contribution is -0.125. The van der Waals surface area contributed by atoms with Crippen LogP contribution in [0.2, 0.25) is 0 Å². The molecule has 1 amide bonds. The molecule has 0 bridgehead atoms. The highest BCUT2D eigenvalue weighted by atomic mass is 32.1. The Balaban J connectivity index is 1.94. The normalized spacial score (nSPS) is 17.4. The maximum absolute atomic E-state index is 13.5. The molecule has 3 rings (SSSR count). The second-order valence-electron chi connectivity index (χ2n) is 4.90. The Morgan fingerprint density at radius 3 is 2.86 bits per heavy atom. The zero-order valence-corrected chi connectivity index (χ0v) is 12.0. The molecule has 2 aromatic rings. The average Bonchev–Trinajstić information content (AvgIpc) is 3.01. The molecule has 1 N–H and O–H groups in total. The lowest BCUT2D eigenvalue weighted by Crippen LogP contribution is -2.44. The van der Waals surface area contributed by atoms with Gasteiger partial charge in [-0.15, -0.1) is 10.2 Å². The summed E-state index contributed by atoms with van der Waals surface area (Å²) in [6, 6.07) is 6.21. The summed E-state index contributed by atoms with van der Waals surface area (Å²) in [6.45, 7) is 0.945. The summed E-state index contributed by atoms with van der Waals surface area (Å²) < 4.78 is 18.9. The minimum absolute atomic E-state index is 0.187. The van der Waals surface area contributed by atoms with Gasteiger partial charge in [0.1, 0.15) is 11.3 Å². The quantitative estimate of drug-likeness (QED) is 0.945. The van der Waals surface area contributed by atoms with Crippen molar-refractivity contribution in [3.63, 3.8) is 0 Å². The van der Waals surface area contributed by atoms with E-state index in [0.29, 0.717) is 36.8 Å². The smallest absolute Gasteiger partial charge is 0.237 e. The Kier molecular flexibility index (Phi) is 3.94. The molecule has 0 spiro atoms. The van der Waals surface area contributed by atoms with E-state index >= 15 is 0 Å². The first kappa shape index (κ1) is 14.1. The van der Waals surface area contributed by atoms with Crippen LogP contribution in [0.1, 0.15) is 18.4 Å². The fourth-order valence-corrected chi connectivity index (χ4v) is 3.04. The number of aromatic nitrogens is 2. The average molecular weight is 307 g/mol. The van der Waals surface area contributed by atoms with Gasteiger partial charge < -0.3 is 4.74 Å². The van der Waals surface area contributed by atoms with Gasteiger partial charge in [0.15, 0.2) is 0 Å². The first-order valence-corrected chi connectivity index (χ1v) is 7.50. The zero-order chi connectivity index (χ0) is 14.7. The predicted octanol–water partition coefficient (Wildman–Crippen LogP) is 2.36. The molecule has 1 fully saturated rings. The molecule has 1 saturated heterocycles. The van der Waals surface area contributed by atoms with Crippen LogP contribution < -0.4 is 5.32 Å². The molecule has 7 heteroatoms. The Morgan fingerprint density at radius 1 is 1.38 bits per heavy atom. The molecular formula is C14H14FN3O2S. The fraction of sp³-hybridized carbons (Fsp3) is 0.357. The summed E-state index contributed by atoms with van der Waals surface area (Å²) in [5, 5.41) is 10.7. The van der Waals surface area contributed by atoms with Gasteiger partial charge in [0.25, 0.3) is 0 Å². The lowest BCUT2D eigenvalue weighted by Gasteiger charge is -2.35. The van der Waals surface area contributed by atoms with Crippen LogP contribution in [-0.2, 0) is 14.9 Å². The number of hydrogen-bond acceptors (Lipinski definition) is 5. The summed E-state index contributed by atoms with van der Waals surface area (Å²) in [7, 11) is 0. The van der Waals surface area contributed by atoms with E-state index in [1.54, 1.807) is 17.6 Å². The number of rotatable bonds is 3. The van der Waals surface area contributed by atoms with E-state index in [9.17, 15) is 9.18 Å². The summed E-state index contributed by atoms with van der Waals surface area (Å²) in [5.41, 5.74) is 1.44. The Labute approximate surface area is 125 Å². The molecule has 1 aliphatic heterocycles. The van der Waals surface area contributed by atoms with Gasteiger partial charge in [-0.3, -0.25) is 10.1 Å². The molecule has 110 valence electrons. The van der Waals surface area contributed by atoms with Gasteiger partial charge in [0.2, 0.25) is 11.0 Å². The minimum Gasteiger partial charge on any atom is -0.381 e. The third-order valence-electron chi connectivity index (χ3n) is 3.74. The van der Waals surface area contributed by atoms with Crippen molar-refractivity contribution in [2.75, 3.05) is 18.5 Å². The number of nitrogens with zero attached hydrogens (tertiary/aromatic N) is 2. The molecule has 5 nitrogen and oxygen atoms in total. The van der Waals surface area contributed by atoms with Crippen LogP contribution in [0.3, 0.4) is 0 Å². The second-order valence-corrected chi connectivity index (χ2v) is 5.74. The van der Waals surface area contributed by atoms with Crippen LogP contribution >= 0.6 is 11.3 Å². The van der Waals surface area contributed by atoms with Gasteiger partial charge in [-0.1, -0.05) is 23.5 Å². The van der Waals surface area contributed by atoms with Crippen molar-refractivity contribution < 1.29 is 13.9 Å². The van der Waals surface area contributed by atoms with Crippen LogP contribution in [0.4, 0.5) is 9.52 Å². The van der Waals surface area contributed by atoms with Gasteiger partial charge in [-0.25, -0.2) is 4.39 Å². The monoisotopic (exact) mass is 307 g/mol. The molecule has 0 saturated carbocycles. The number of nitrogens with one attached hydrogen (secondary N) is 1. The van der Waals surface area contributed by atoms with Crippen LogP contribution in [0.25, 0.3) is 0 Å². The molecule has 21 heavy (non-hydrogen) atoms. The van der Waals surface area contributed by atoms with E-state index < -0.39 is 5.41 Å². The summed E-state index contributed by atoms with van der Waals surface area (Å²) in [5.74, 6) is -0.532. The number of anilines is 1. The number of carbonyl (C=O) groups is 1. The first-order chi connectivity index (χ1) is 10.2. The molecule has 2 heterocycles. The molecule has 0 atom stereocenters. The second kappa shape index (κ2) is 5.87. The molecule has 1 aromatic carbocycles. The van der Waals surface area contributed by atoms with Crippen molar-refractivity contribution in [1.82, 2.24) is 10.2 Å². The summed E-state index contributed by atoms with van der Waals surface area (Å²) in [6.07, 6.45) is 1.03. The van der Waals surface area contributed by atoms with E-state index in [2.05, 4.69) is 15.5 Å². The predicted molar refractivity (Wildman–Crippen MR) is 76.7 cm³/mol. The highest BCUT2D eigenvalue weighted by molar-refractivity contribution is 7.13. The van der Waals surface area contributed by atoms with Gasteiger partial charge in [-0.2, -0.15) is 0 Å². The van der Waals surface area contributed by atoms with Crippen molar-refractivity contribution in [3.05, 3.63) is 41.2 Å². The van der Waals surface area contributed by atoms with Crippen molar-refractivity contribution in [2.45, 2.75) is 18.3 Å². The molecule has 0 unspecified atom stereocenters. The highest BCUT2D eigenvalue weighted by Crippen LogP contribution is 2.36. The van der Waals surface area contributed by atoms with Crippen LogP contribution in [0, 0.1) is 5.82 Å². The SMILES string of the molecule is O=C(Nc1nncs1)C1(c2cccc(F)c2)CCOCC1. The van der Waals surface area contributed by atoms with Crippen molar-refractivity contribution in [1.29, 1.82) is 0 Å². The number of carbonyl (C=O) groups excluding carboxylic acids is 1. The van der Waals surface area contributed by atoms with Crippen LogP contribution in [-0.4, -0.2) is 29.3 Å². The standard InChI is InChI=1S/C14H14FN3O2S/c15-11-3-1-2-10(8-11)14(4-6-20-7-5-14)12(19)17-13-18-16-9-21-13/h1-3,8-9H,4-7H2,(H,17,18,19). The van der Waals surface area contributed by atoms with Gasteiger partial charge >= 0.3 is 0 Å². The van der Waals surface area contributed by atoms with Gasteiger partial charge in [0.05, 0.1) is 5.41 Å². The Hall–Kier alpha value is -1.86. The number of ether oxygens (including phenoxy) is 1. The summed E-state index contributed by atoms with van der Waals surface area (Å²) >= 11 is 1.25. The molecule has 0 radical (unpaired) electrons. The lowest BCUT2D eigenvalue weighted by atomic mass is 9.73. The third-order valence-corrected chi connectivity index (χ3v) is 4.35. The van der Waals surface area contributed by atoms with E-state index in [1.165, 1.54) is 23.5 Å². The zero-order valence-electron chi connectivity index (χ0n) is 11.2. The van der Waals surface area contributed by atoms with Crippen molar-refractivity contribution >= 4 is 22.4 Å². The number of benzene rings is 1. The van der Waals surface area contributed by atoms with E-state index in [4.69, 9.17) is 4.74 Å². The van der Waals surface area contributed by atoms with Crippen molar-refractivity contribution in [2.24, 2.45) is 0 Å². The first-order valence-electron chi connectivity index (χ1n) is 6.62. The third kappa shape index (κ3) is 2.79. The van der Waals surface area contributed by atoms with Gasteiger partial charge in [0, 0.05) is 13.2 Å². The highest BCUT2D eigenvalue weighted by Gasteiger charge is 2.42. The van der Waals surface area contributed by atoms with E-state index in [-0.39, 0.29) is 11.7 Å². The maximum atomic E-state index is 13.5. The summed E-state index contributed by atoms with van der Waals surface area (Å²) in [4.78, 5) is 12.7. The van der Waals surface area contributed by atoms with E-state index in [1.807, 2.05) is 0 Å². The number of amides is 1. The minimum atomic E-state index is -0.786. The van der Waals surface area contributed by atoms with Crippen LogP contribution in [0.5, 0.6) is 0 Å². The van der Waals surface area contributed by atoms with E-state index in [0.717, 1.165) is 0 Å². The molecule has 0 aliphatic carbocycles. The Bertz CT molecular complexity index is 627. The number of halogens is 1. The topological polar surface area (TPSA) is 64.1 Å². The number of hydrogen-bond donors (Lipinski definition) is 1. The van der Waals surface area contributed by atoms with Crippen LogP contribution in [0.15, 0.2) is 29.8 Å². The van der Waals surface area contributed by atoms with Crippen molar-refractivity contribution in [3.8, 4) is 0 Å².